The predicted octanol–water partition coefficient (Wildman–Crippen LogP) is 6.86. The third kappa shape index (κ3) is 2.63. The summed E-state index contributed by atoms with van der Waals surface area (Å²) >= 11 is 1.57. The Morgan fingerprint density at radius 3 is 2.60 bits per heavy atom. The molecule has 1 nitrogen and oxygen atoms in total. The highest BCUT2D eigenvalue weighted by Gasteiger charge is 2.20. The largest absolute Gasteiger partial charge is 0.252 e. The Balaban J connectivity index is 2.08. The molecule has 0 radical (unpaired) electrons. The van der Waals surface area contributed by atoms with Gasteiger partial charge in [-0.15, -0.1) is 11.3 Å². The average Bonchev–Trinajstić information content (AvgIpc) is 2.96. The van der Waals surface area contributed by atoms with Crippen LogP contribution in [0, 0.1) is 12.7 Å². The van der Waals surface area contributed by atoms with Gasteiger partial charge in [-0.05, 0) is 51.8 Å². The normalized spacial score (nSPS) is 12.2. The Bertz CT molecular complexity index is 1100. The van der Waals surface area contributed by atoms with Crippen LogP contribution in [0.5, 0.6) is 0 Å². The fraction of sp³-hybridized carbons (Fsp3) is 0.227. The van der Waals surface area contributed by atoms with Crippen LogP contribution in [0.25, 0.3) is 32.1 Å². The number of hydrogen-bond acceptors (Lipinski definition) is 2. The van der Waals surface area contributed by atoms with Crippen molar-refractivity contribution < 1.29 is 4.39 Å². The van der Waals surface area contributed by atoms with E-state index in [2.05, 4.69) is 62.2 Å². The number of fused-ring (bicyclic) bond motifs is 2. The van der Waals surface area contributed by atoms with Gasteiger partial charge in [-0.2, -0.15) is 0 Å². The summed E-state index contributed by atoms with van der Waals surface area (Å²) < 4.78 is 15.2. The van der Waals surface area contributed by atoms with Gasteiger partial charge in [0.15, 0.2) is 0 Å². The van der Waals surface area contributed by atoms with E-state index in [4.69, 9.17) is 0 Å². The molecule has 0 aliphatic heterocycles. The molecule has 3 heteroatoms. The Morgan fingerprint density at radius 2 is 1.84 bits per heavy atom. The average molecular weight is 349 g/mol. The first-order chi connectivity index (χ1) is 11.9. The lowest BCUT2D eigenvalue weighted by Crippen LogP contribution is -2.12. The molecule has 0 saturated carbocycles. The SMILES string of the molecule is Cc1csc2c(-c3cc(C(C)(C)C)c4ccccc4c3)ncc(F)c12. The molecule has 0 spiro atoms. The molecule has 4 aromatic rings. The number of nitrogens with zero attached hydrogens (tertiary/aromatic N) is 1. The Labute approximate surface area is 151 Å². The number of halogens is 1. The highest BCUT2D eigenvalue weighted by atomic mass is 32.1. The number of rotatable bonds is 1. The van der Waals surface area contributed by atoms with E-state index in [1.807, 2.05) is 12.3 Å². The van der Waals surface area contributed by atoms with Gasteiger partial charge in [0, 0.05) is 10.9 Å². The molecule has 0 aliphatic rings. The van der Waals surface area contributed by atoms with E-state index < -0.39 is 0 Å². The van der Waals surface area contributed by atoms with Crippen LogP contribution in [0.15, 0.2) is 48.0 Å². The molecule has 0 N–H and O–H groups in total. The lowest BCUT2D eigenvalue weighted by atomic mass is 9.82. The lowest BCUT2D eigenvalue weighted by Gasteiger charge is -2.22. The monoisotopic (exact) mass is 349 g/mol. The molecule has 2 aromatic carbocycles. The van der Waals surface area contributed by atoms with Crippen molar-refractivity contribution in [3.05, 3.63) is 64.9 Å². The van der Waals surface area contributed by atoms with E-state index in [1.165, 1.54) is 22.5 Å². The molecule has 25 heavy (non-hydrogen) atoms. The first-order valence-corrected chi connectivity index (χ1v) is 9.30. The molecule has 0 saturated heterocycles. The number of benzene rings is 2. The van der Waals surface area contributed by atoms with E-state index in [-0.39, 0.29) is 11.2 Å². The maximum absolute atomic E-state index is 14.2. The standard InChI is InChI=1S/C22H20FNS/c1-13-12-25-21-19(13)18(23)11-24-20(21)15-9-14-7-5-6-8-16(14)17(10-15)22(2,3)4/h5-12H,1-4H3. The maximum atomic E-state index is 14.2. The molecule has 0 bridgehead atoms. The summed E-state index contributed by atoms with van der Waals surface area (Å²) in [6, 6.07) is 12.8. The number of pyridine rings is 1. The number of aromatic nitrogens is 1. The number of thiophene rings is 1. The summed E-state index contributed by atoms with van der Waals surface area (Å²) in [4.78, 5) is 4.46. The van der Waals surface area contributed by atoms with E-state index >= 15 is 0 Å². The summed E-state index contributed by atoms with van der Waals surface area (Å²) in [5.74, 6) is -0.241. The second kappa shape index (κ2) is 5.63. The molecular formula is C22H20FNS. The zero-order chi connectivity index (χ0) is 17.8. The Hall–Kier alpha value is -2.26. The minimum atomic E-state index is -0.241. The first kappa shape index (κ1) is 16.2. The van der Waals surface area contributed by atoms with E-state index in [0.29, 0.717) is 5.39 Å². The van der Waals surface area contributed by atoms with Crippen molar-refractivity contribution in [3.8, 4) is 11.3 Å². The third-order valence-corrected chi connectivity index (χ3v) is 5.78. The summed E-state index contributed by atoms with van der Waals surface area (Å²) in [6.45, 7) is 8.62. The van der Waals surface area contributed by atoms with Crippen LogP contribution in [0.4, 0.5) is 4.39 Å². The van der Waals surface area contributed by atoms with Crippen LogP contribution in [-0.4, -0.2) is 4.98 Å². The molecular weight excluding hydrogens is 329 g/mol. The third-order valence-electron chi connectivity index (χ3n) is 4.68. The zero-order valence-electron chi connectivity index (χ0n) is 14.9. The van der Waals surface area contributed by atoms with E-state index in [1.54, 1.807) is 11.3 Å². The van der Waals surface area contributed by atoms with Gasteiger partial charge in [0.1, 0.15) is 5.82 Å². The van der Waals surface area contributed by atoms with Crippen molar-refractivity contribution >= 4 is 32.2 Å². The van der Waals surface area contributed by atoms with Gasteiger partial charge in [-0.25, -0.2) is 4.39 Å². The topological polar surface area (TPSA) is 12.9 Å². The Kier molecular flexibility index (Phi) is 3.66. The van der Waals surface area contributed by atoms with Crippen LogP contribution in [-0.2, 0) is 5.41 Å². The molecule has 126 valence electrons. The van der Waals surface area contributed by atoms with Crippen molar-refractivity contribution in [1.82, 2.24) is 4.98 Å². The second-order valence-corrected chi connectivity index (χ2v) is 8.45. The molecule has 2 aromatic heterocycles. The molecule has 2 heterocycles. The van der Waals surface area contributed by atoms with Crippen molar-refractivity contribution in [2.75, 3.05) is 0 Å². The van der Waals surface area contributed by atoms with Gasteiger partial charge in [0.2, 0.25) is 0 Å². The molecule has 0 amide bonds. The number of aryl methyl sites for hydroxylation is 1. The van der Waals surface area contributed by atoms with Crippen LogP contribution >= 0.6 is 11.3 Å². The minimum Gasteiger partial charge on any atom is -0.252 e. The van der Waals surface area contributed by atoms with Crippen LogP contribution in [0.1, 0.15) is 31.9 Å². The van der Waals surface area contributed by atoms with Crippen molar-refractivity contribution in [2.45, 2.75) is 33.1 Å². The Morgan fingerprint density at radius 1 is 1.08 bits per heavy atom. The predicted molar refractivity (Wildman–Crippen MR) is 106 cm³/mol. The van der Waals surface area contributed by atoms with Gasteiger partial charge in [0.25, 0.3) is 0 Å². The molecule has 0 atom stereocenters. The molecule has 4 rings (SSSR count). The smallest absolute Gasteiger partial charge is 0.150 e. The van der Waals surface area contributed by atoms with Gasteiger partial charge in [-0.1, -0.05) is 45.0 Å². The highest BCUT2D eigenvalue weighted by molar-refractivity contribution is 7.18. The summed E-state index contributed by atoms with van der Waals surface area (Å²) in [7, 11) is 0. The molecule has 0 aliphatic carbocycles. The highest BCUT2D eigenvalue weighted by Crippen LogP contribution is 2.39. The van der Waals surface area contributed by atoms with E-state index in [9.17, 15) is 4.39 Å². The fourth-order valence-electron chi connectivity index (χ4n) is 3.43. The quantitative estimate of drug-likeness (QED) is 0.366. The molecule has 0 unspecified atom stereocenters. The first-order valence-electron chi connectivity index (χ1n) is 8.42. The van der Waals surface area contributed by atoms with Crippen LogP contribution in [0.3, 0.4) is 0 Å². The second-order valence-electron chi connectivity index (χ2n) is 7.57. The summed E-state index contributed by atoms with van der Waals surface area (Å²) in [5, 5.41) is 5.15. The van der Waals surface area contributed by atoms with Crippen molar-refractivity contribution in [3.63, 3.8) is 0 Å². The zero-order valence-corrected chi connectivity index (χ0v) is 15.7. The van der Waals surface area contributed by atoms with Crippen molar-refractivity contribution in [2.24, 2.45) is 0 Å². The molecule has 0 fully saturated rings. The van der Waals surface area contributed by atoms with Crippen molar-refractivity contribution in [1.29, 1.82) is 0 Å². The van der Waals surface area contributed by atoms with Gasteiger partial charge in [-0.3, -0.25) is 4.98 Å². The maximum Gasteiger partial charge on any atom is 0.150 e. The number of hydrogen-bond donors (Lipinski definition) is 0. The van der Waals surface area contributed by atoms with Crippen LogP contribution in [0.2, 0.25) is 0 Å². The fourth-order valence-corrected chi connectivity index (χ4v) is 4.50. The van der Waals surface area contributed by atoms with E-state index in [0.717, 1.165) is 21.5 Å². The van der Waals surface area contributed by atoms with Gasteiger partial charge >= 0.3 is 0 Å². The summed E-state index contributed by atoms with van der Waals surface area (Å²) in [6.07, 6.45) is 1.35. The van der Waals surface area contributed by atoms with Crippen LogP contribution < -0.4 is 0 Å². The van der Waals surface area contributed by atoms with Gasteiger partial charge < -0.3 is 0 Å². The van der Waals surface area contributed by atoms with Gasteiger partial charge in [0.05, 0.1) is 16.6 Å². The summed E-state index contributed by atoms with van der Waals surface area (Å²) in [5.41, 5.74) is 4.19. The lowest BCUT2D eigenvalue weighted by molar-refractivity contribution is 0.596. The minimum absolute atomic E-state index is 0.0140.